The van der Waals surface area contributed by atoms with Gasteiger partial charge in [0.2, 0.25) is 10.0 Å². The van der Waals surface area contributed by atoms with Gasteiger partial charge in [-0.05, 0) is 31.0 Å². The number of aromatic carboxylic acids is 1. The molecule has 0 aliphatic heterocycles. The first-order valence-electron chi connectivity index (χ1n) is 5.94. The topological polar surface area (TPSA) is 83.5 Å². The highest BCUT2D eigenvalue weighted by Gasteiger charge is 2.29. The zero-order chi connectivity index (χ0) is 14.0. The van der Waals surface area contributed by atoms with Gasteiger partial charge in [-0.1, -0.05) is 12.8 Å². The van der Waals surface area contributed by atoms with Gasteiger partial charge in [-0.3, -0.25) is 4.72 Å². The molecular weight excluding hydrogens is 273 g/mol. The molecule has 1 aliphatic rings. The van der Waals surface area contributed by atoms with E-state index in [1.54, 1.807) is 0 Å². The maximum atomic E-state index is 13.6. The molecule has 0 radical (unpaired) electrons. The van der Waals surface area contributed by atoms with E-state index in [-0.39, 0.29) is 11.3 Å². The average molecular weight is 287 g/mol. The summed E-state index contributed by atoms with van der Waals surface area (Å²) < 4.78 is 39.8. The minimum atomic E-state index is -3.61. The standard InChI is InChI=1S/C12H14FNO4S/c13-10-7-8(12(15)16)5-6-11(10)14-19(17,18)9-3-1-2-4-9/h5-7,9,14H,1-4H2,(H,15,16). The maximum absolute atomic E-state index is 13.6. The highest BCUT2D eigenvalue weighted by Crippen LogP contribution is 2.27. The Kier molecular flexibility index (Phi) is 3.75. The summed E-state index contributed by atoms with van der Waals surface area (Å²) in [6.07, 6.45) is 2.85. The molecule has 0 atom stereocenters. The van der Waals surface area contributed by atoms with Crippen LogP contribution < -0.4 is 4.72 Å². The summed E-state index contributed by atoms with van der Waals surface area (Å²) in [4.78, 5) is 10.7. The minimum Gasteiger partial charge on any atom is -0.478 e. The van der Waals surface area contributed by atoms with Crippen LogP contribution >= 0.6 is 0 Å². The lowest BCUT2D eigenvalue weighted by Gasteiger charge is -2.14. The van der Waals surface area contributed by atoms with E-state index >= 15 is 0 Å². The number of carbonyl (C=O) groups is 1. The minimum absolute atomic E-state index is 0.211. The second-order valence-electron chi connectivity index (χ2n) is 4.55. The van der Waals surface area contributed by atoms with E-state index < -0.39 is 27.1 Å². The van der Waals surface area contributed by atoms with Crippen LogP contribution in [0.2, 0.25) is 0 Å². The van der Waals surface area contributed by atoms with Crippen LogP contribution in [0.4, 0.5) is 10.1 Å². The summed E-state index contributed by atoms with van der Waals surface area (Å²) in [6.45, 7) is 0. The summed E-state index contributed by atoms with van der Waals surface area (Å²) in [7, 11) is -3.61. The van der Waals surface area contributed by atoms with Crippen molar-refractivity contribution in [1.29, 1.82) is 0 Å². The summed E-state index contributed by atoms with van der Waals surface area (Å²) in [5.74, 6) is -2.15. The molecule has 0 unspecified atom stereocenters. The lowest BCUT2D eigenvalue weighted by molar-refractivity contribution is 0.0696. The Bertz CT molecular complexity index is 594. The molecule has 1 fully saturated rings. The van der Waals surface area contributed by atoms with Crippen molar-refractivity contribution in [3.05, 3.63) is 29.6 Å². The Morgan fingerprint density at radius 1 is 1.32 bits per heavy atom. The summed E-state index contributed by atoms with van der Waals surface area (Å²) >= 11 is 0. The van der Waals surface area contributed by atoms with Crippen molar-refractivity contribution in [2.75, 3.05) is 4.72 Å². The zero-order valence-electron chi connectivity index (χ0n) is 10.1. The first-order valence-corrected chi connectivity index (χ1v) is 7.49. The van der Waals surface area contributed by atoms with Crippen molar-refractivity contribution >= 4 is 21.7 Å². The van der Waals surface area contributed by atoms with Gasteiger partial charge in [-0.25, -0.2) is 17.6 Å². The molecule has 104 valence electrons. The number of halogens is 1. The lowest BCUT2D eigenvalue weighted by Crippen LogP contribution is -2.25. The van der Waals surface area contributed by atoms with Crippen LogP contribution in [0.15, 0.2) is 18.2 Å². The second-order valence-corrected chi connectivity index (χ2v) is 6.51. The molecule has 1 aromatic carbocycles. The van der Waals surface area contributed by atoms with Crippen molar-refractivity contribution in [2.24, 2.45) is 0 Å². The van der Waals surface area contributed by atoms with Crippen molar-refractivity contribution < 1.29 is 22.7 Å². The van der Waals surface area contributed by atoms with Gasteiger partial charge in [0.1, 0.15) is 5.82 Å². The fourth-order valence-electron chi connectivity index (χ4n) is 2.17. The molecule has 1 saturated carbocycles. The molecule has 0 bridgehead atoms. The normalized spacial score (nSPS) is 16.5. The van der Waals surface area contributed by atoms with Gasteiger partial charge in [0.25, 0.3) is 0 Å². The molecule has 0 aromatic heterocycles. The molecule has 1 aliphatic carbocycles. The first kappa shape index (κ1) is 13.8. The van der Waals surface area contributed by atoms with E-state index in [4.69, 9.17) is 5.11 Å². The molecule has 19 heavy (non-hydrogen) atoms. The number of hydrogen-bond acceptors (Lipinski definition) is 3. The Hall–Kier alpha value is -1.63. The molecule has 7 heteroatoms. The predicted molar refractivity (Wildman–Crippen MR) is 68.2 cm³/mol. The average Bonchev–Trinajstić information content (AvgIpc) is 2.85. The number of nitrogens with one attached hydrogen (secondary N) is 1. The van der Waals surface area contributed by atoms with Crippen LogP contribution in [0, 0.1) is 5.82 Å². The van der Waals surface area contributed by atoms with Crippen molar-refractivity contribution in [3.8, 4) is 0 Å². The number of carboxylic acids is 1. The molecule has 0 amide bonds. The van der Waals surface area contributed by atoms with Gasteiger partial charge in [0.15, 0.2) is 0 Å². The van der Waals surface area contributed by atoms with Crippen LogP contribution in [0.5, 0.6) is 0 Å². The SMILES string of the molecule is O=C(O)c1ccc(NS(=O)(=O)C2CCCC2)c(F)c1. The van der Waals surface area contributed by atoms with Gasteiger partial charge < -0.3 is 5.11 Å². The van der Waals surface area contributed by atoms with E-state index in [0.717, 1.165) is 31.0 Å². The summed E-state index contributed by atoms with van der Waals surface area (Å²) in [5, 5.41) is 8.21. The summed E-state index contributed by atoms with van der Waals surface area (Å²) in [5.41, 5.74) is -0.432. The molecule has 2 rings (SSSR count). The van der Waals surface area contributed by atoms with E-state index in [9.17, 15) is 17.6 Å². The van der Waals surface area contributed by atoms with E-state index in [0.29, 0.717) is 12.8 Å². The zero-order valence-corrected chi connectivity index (χ0v) is 10.9. The Balaban J connectivity index is 2.21. The van der Waals surface area contributed by atoms with Gasteiger partial charge in [-0.15, -0.1) is 0 Å². The van der Waals surface area contributed by atoms with Crippen molar-refractivity contribution in [2.45, 2.75) is 30.9 Å². The molecule has 0 spiro atoms. The fraction of sp³-hybridized carbons (Fsp3) is 0.417. The number of rotatable bonds is 4. The van der Waals surface area contributed by atoms with E-state index in [1.807, 2.05) is 0 Å². The van der Waals surface area contributed by atoms with Crippen LogP contribution in [0.3, 0.4) is 0 Å². The number of benzene rings is 1. The van der Waals surface area contributed by atoms with Gasteiger partial charge >= 0.3 is 5.97 Å². The highest BCUT2D eigenvalue weighted by molar-refractivity contribution is 7.93. The Labute approximate surface area is 110 Å². The monoisotopic (exact) mass is 287 g/mol. The molecule has 1 aromatic rings. The fourth-order valence-corrected chi connectivity index (χ4v) is 3.76. The van der Waals surface area contributed by atoms with Gasteiger partial charge in [-0.2, -0.15) is 0 Å². The third kappa shape index (κ3) is 3.04. The molecule has 0 heterocycles. The predicted octanol–water partition coefficient (Wildman–Crippen LogP) is 2.21. The quantitative estimate of drug-likeness (QED) is 0.889. The maximum Gasteiger partial charge on any atom is 0.335 e. The number of sulfonamides is 1. The molecule has 0 saturated heterocycles. The van der Waals surface area contributed by atoms with Crippen molar-refractivity contribution in [1.82, 2.24) is 0 Å². The van der Waals surface area contributed by atoms with Crippen LogP contribution in [-0.2, 0) is 10.0 Å². The smallest absolute Gasteiger partial charge is 0.335 e. The molecule has 2 N–H and O–H groups in total. The van der Waals surface area contributed by atoms with Crippen LogP contribution in [0.1, 0.15) is 36.0 Å². The van der Waals surface area contributed by atoms with Gasteiger partial charge in [0.05, 0.1) is 16.5 Å². The molecule has 5 nitrogen and oxygen atoms in total. The Morgan fingerprint density at radius 2 is 1.95 bits per heavy atom. The van der Waals surface area contributed by atoms with Crippen LogP contribution in [0.25, 0.3) is 0 Å². The number of anilines is 1. The number of hydrogen-bond donors (Lipinski definition) is 2. The Morgan fingerprint density at radius 3 is 2.47 bits per heavy atom. The number of carboxylic acid groups (broad SMARTS) is 1. The largest absolute Gasteiger partial charge is 0.478 e. The molecular formula is C12H14FNO4S. The summed E-state index contributed by atoms with van der Waals surface area (Å²) in [6, 6.07) is 3.10. The van der Waals surface area contributed by atoms with Crippen molar-refractivity contribution in [3.63, 3.8) is 0 Å². The first-order chi connectivity index (χ1) is 8.90. The van der Waals surface area contributed by atoms with E-state index in [2.05, 4.69) is 4.72 Å². The van der Waals surface area contributed by atoms with E-state index in [1.165, 1.54) is 0 Å². The lowest BCUT2D eigenvalue weighted by atomic mass is 10.2. The third-order valence-electron chi connectivity index (χ3n) is 3.21. The van der Waals surface area contributed by atoms with Crippen LogP contribution in [-0.4, -0.2) is 24.7 Å². The second kappa shape index (κ2) is 5.16. The van der Waals surface area contributed by atoms with Gasteiger partial charge in [0, 0.05) is 0 Å². The highest BCUT2D eigenvalue weighted by atomic mass is 32.2. The third-order valence-corrected chi connectivity index (χ3v) is 5.06.